The Balaban J connectivity index is 1.67. The van der Waals surface area contributed by atoms with Gasteiger partial charge in [0, 0.05) is 6.54 Å². The van der Waals surface area contributed by atoms with Crippen LogP contribution in [0, 0.1) is 13.8 Å². The zero-order chi connectivity index (χ0) is 18.5. The third kappa shape index (κ3) is 3.74. The maximum Gasteiger partial charge on any atom is 0.273 e. The van der Waals surface area contributed by atoms with E-state index >= 15 is 0 Å². The first kappa shape index (κ1) is 17.7. The largest absolute Gasteiger partial charge is 0.496 e. The summed E-state index contributed by atoms with van der Waals surface area (Å²) < 4.78 is 7.01. The second-order valence-corrected chi connectivity index (χ2v) is 6.09. The lowest BCUT2D eigenvalue weighted by Gasteiger charge is -2.09. The first-order valence-corrected chi connectivity index (χ1v) is 8.49. The van der Waals surface area contributed by atoms with E-state index in [4.69, 9.17) is 4.74 Å². The fourth-order valence-corrected chi connectivity index (χ4v) is 2.85. The molecule has 6 nitrogen and oxygen atoms in total. The van der Waals surface area contributed by atoms with Crippen molar-refractivity contribution in [3.8, 4) is 11.4 Å². The van der Waals surface area contributed by atoms with Gasteiger partial charge in [-0.1, -0.05) is 35.5 Å². The van der Waals surface area contributed by atoms with Crippen LogP contribution < -0.4 is 10.1 Å². The molecule has 0 aliphatic heterocycles. The van der Waals surface area contributed by atoms with Crippen molar-refractivity contribution in [1.82, 2.24) is 20.3 Å². The van der Waals surface area contributed by atoms with Gasteiger partial charge in [-0.3, -0.25) is 4.79 Å². The Labute approximate surface area is 152 Å². The normalized spacial score (nSPS) is 10.6. The summed E-state index contributed by atoms with van der Waals surface area (Å²) in [5, 5.41) is 11.1. The van der Waals surface area contributed by atoms with Crippen molar-refractivity contribution in [3.63, 3.8) is 0 Å². The van der Waals surface area contributed by atoms with E-state index in [2.05, 4.69) is 15.6 Å². The number of aryl methyl sites for hydroxylation is 1. The van der Waals surface area contributed by atoms with E-state index < -0.39 is 0 Å². The first-order valence-electron chi connectivity index (χ1n) is 8.49. The number of methoxy groups -OCH3 is 1. The van der Waals surface area contributed by atoms with E-state index in [1.165, 1.54) is 0 Å². The summed E-state index contributed by atoms with van der Waals surface area (Å²) >= 11 is 0. The Morgan fingerprint density at radius 3 is 2.73 bits per heavy atom. The molecule has 1 amide bonds. The fourth-order valence-electron chi connectivity index (χ4n) is 2.85. The molecule has 134 valence electrons. The van der Waals surface area contributed by atoms with Crippen LogP contribution in [-0.4, -0.2) is 34.6 Å². The van der Waals surface area contributed by atoms with Crippen molar-refractivity contribution in [2.75, 3.05) is 13.7 Å². The third-order valence-electron chi connectivity index (χ3n) is 4.23. The zero-order valence-electron chi connectivity index (χ0n) is 15.2. The molecule has 0 saturated heterocycles. The Morgan fingerprint density at radius 1 is 1.15 bits per heavy atom. The van der Waals surface area contributed by atoms with Gasteiger partial charge in [0.15, 0.2) is 5.69 Å². The van der Waals surface area contributed by atoms with Crippen LogP contribution in [0.3, 0.4) is 0 Å². The average Bonchev–Trinajstić information content (AvgIpc) is 3.03. The van der Waals surface area contributed by atoms with E-state index in [1.54, 1.807) is 11.8 Å². The van der Waals surface area contributed by atoms with Gasteiger partial charge in [0.05, 0.1) is 18.5 Å². The summed E-state index contributed by atoms with van der Waals surface area (Å²) in [5.41, 5.74) is 4.12. The van der Waals surface area contributed by atoms with Crippen molar-refractivity contribution in [3.05, 3.63) is 71.0 Å². The van der Waals surface area contributed by atoms with Gasteiger partial charge in [0.25, 0.3) is 5.91 Å². The van der Waals surface area contributed by atoms with Crippen LogP contribution in [0.5, 0.6) is 5.75 Å². The molecular weight excluding hydrogens is 328 g/mol. The molecule has 3 aromatic rings. The predicted octanol–water partition coefficient (Wildman–Crippen LogP) is 2.87. The number of hydrogen-bond acceptors (Lipinski definition) is 4. The number of carbonyl (C=O) groups is 1. The van der Waals surface area contributed by atoms with Gasteiger partial charge < -0.3 is 10.1 Å². The lowest BCUT2D eigenvalue weighted by molar-refractivity contribution is 0.0948. The lowest BCUT2D eigenvalue weighted by Crippen LogP contribution is -2.27. The first-order chi connectivity index (χ1) is 12.6. The van der Waals surface area contributed by atoms with Crippen molar-refractivity contribution in [2.45, 2.75) is 20.3 Å². The van der Waals surface area contributed by atoms with Gasteiger partial charge in [-0.2, -0.15) is 0 Å². The summed E-state index contributed by atoms with van der Waals surface area (Å²) in [7, 11) is 1.64. The molecular formula is C20H22N4O2. The highest BCUT2D eigenvalue weighted by atomic mass is 16.5. The van der Waals surface area contributed by atoms with E-state index in [-0.39, 0.29) is 5.91 Å². The molecule has 0 unspecified atom stereocenters. The minimum absolute atomic E-state index is 0.226. The van der Waals surface area contributed by atoms with Gasteiger partial charge in [-0.05, 0) is 49.6 Å². The molecule has 0 radical (unpaired) electrons. The molecule has 3 rings (SSSR count). The second kappa shape index (κ2) is 7.82. The quantitative estimate of drug-likeness (QED) is 0.742. The number of carbonyl (C=O) groups excluding carboxylic acids is 1. The number of nitrogens with zero attached hydrogens (tertiary/aromatic N) is 3. The summed E-state index contributed by atoms with van der Waals surface area (Å²) in [4.78, 5) is 12.5. The molecule has 0 aliphatic rings. The van der Waals surface area contributed by atoms with Crippen molar-refractivity contribution in [1.29, 1.82) is 0 Å². The summed E-state index contributed by atoms with van der Waals surface area (Å²) in [5.74, 6) is 0.597. The highest BCUT2D eigenvalue weighted by Crippen LogP contribution is 2.17. The summed E-state index contributed by atoms with van der Waals surface area (Å²) in [6.45, 7) is 4.36. The number of hydrogen-bond donors (Lipinski definition) is 1. The number of para-hydroxylation sites is 1. The van der Waals surface area contributed by atoms with Crippen molar-refractivity contribution >= 4 is 5.91 Å². The number of rotatable bonds is 6. The Bertz CT molecular complexity index is 918. The van der Waals surface area contributed by atoms with Crippen LogP contribution in [0.4, 0.5) is 0 Å². The van der Waals surface area contributed by atoms with Gasteiger partial charge in [0.1, 0.15) is 5.75 Å². The van der Waals surface area contributed by atoms with E-state index in [0.29, 0.717) is 24.4 Å². The molecule has 0 bridgehead atoms. The molecule has 0 atom stereocenters. The molecule has 0 aliphatic carbocycles. The SMILES string of the molecule is COc1ccccc1CCNC(=O)c1nnn(-c2cccc(C)c2)c1C. The Hall–Kier alpha value is -3.15. The third-order valence-corrected chi connectivity index (χ3v) is 4.23. The highest BCUT2D eigenvalue weighted by Gasteiger charge is 2.17. The van der Waals surface area contributed by atoms with E-state index in [9.17, 15) is 4.79 Å². The van der Waals surface area contributed by atoms with Gasteiger partial charge in [0.2, 0.25) is 0 Å². The van der Waals surface area contributed by atoms with Crippen LogP contribution in [-0.2, 0) is 6.42 Å². The van der Waals surface area contributed by atoms with Crippen LogP contribution >= 0.6 is 0 Å². The number of amides is 1. The molecule has 0 saturated carbocycles. The Morgan fingerprint density at radius 2 is 1.96 bits per heavy atom. The van der Waals surface area contributed by atoms with Crippen LogP contribution in [0.2, 0.25) is 0 Å². The molecule has 26 heavy (non-hydrogen) atoms. The molecule has 1 aromatic heterocycles. The zero-order valence-corrected chi connectivity index (χ0v) is 15.2. The van der Waals surface area contributed by atoms with Crippen molar-refractivity contribution in [2.24, 2.45) is 0 Å². The predicted molar refractivity (Wildman–Crippen MR) is 99.9 cm³/mol. The molecule has 0 fully saturated rings. The number of aromatic nitrogens is 3. The molecule has 2 aromatic carbocycles. The standard InChI is InChI=1S/C20H22N4O2/c1-14-7-6-9-17(13-14)24-15(2)19(22-23-24)20(25)21-12-11-16-8-4-5-10-18(16)26-3/h4-10,13H,11-12H2,1-3H3,(H,21,25). The van der Waals surface area contributed by atoms with Crippen LogP contribution in [0.1, 0.15) is 27.3 Å². The van der Waals surface area contributed by atoms with Gasteiger partial charge in [-0.15, -0.1) is 5.10 Å². The maximum atomic E-state index is 12.5. The van der Waals surface area contributed by atoms with E-state index in [0.717, 1.165) is 22.6 Å². The van der Waals surface area contributed by atoms with Crippen molar-refractivity contribution < 1.29 is 9.53 Å². The average molecular weight is 350 g/mol. The molecule has 6 heteroatoms. The summed E-state index contributed by atoms with van der Waals surface area (Å²) in [6, 6.07) is 15.7. The monoisotopic (exact) mass is 350 g/mol. The number of ether oxygens (including phenoxy) is 1. The molecule has 0 spiro atoms. The van der Waals surface area contributed by atoms with Gasteiger partial charge in [-0.25, -0.2) is 4.68 Å². The van der Waals surface area contributed by atoms with Crippen LogP contribution in [0.15, 0.2) is 48.5 Å². The topological polar surface area (TPSA) is 69.0 Å². The van der Waals surface area contributed by atoms with E-state index in [1.807, 2.05) is 62.4 Å². The minimum Gasteiger partial charge on any atom is -0.496 e. The molecule has 1 heterocycles. The lowest BCUT2D eigenvalue weighted by atomic mass is 10.1. The summed E-state index contributed by atoms with van der Waals surface area (Å²) in [6.07, 6.45) is 0.681. The highest BCUT2D eigenvalue weighted by molar-refractivity contribution is 5.93. The number of nitrogens with one attached hydrogen (secondary N) is 1. The van der Waals surface area contributed by atoms with Gasteiger partial charge >= 0.3 is 0 Å². The minimum atomic E-state index is -0.226. The Kier molecular flexibility index (Phi) is 5.31. The second-order valence-electron chi connectivity index (χ2n) is 6.09. The number of benzene rings is 2. The molecule has 1 N–H and O–H groups in total. The fraction of sp³-hybridized carbons (Fsp3) is 0.250. The maximum absolute atomic E-state index is 12.5. The smallest absolute Gasteiger partial charge is 0.273 e. The van der Waals surface area contributed by atoms with Crippen LogP contribution in [0.25, 0.3) is 5.69 Å².